The summed E-state index contributed by atoms with van der Waals surface area (Å²) in [5.41, 5.74) is 3.42. The van der Waals surface area contributed by atoms with E-state index in [1.54, 1.807) is 4.90 Å². The number of hydrogen-bond acceptors (Lipinski definition) is 2. The van der Waals surface area contributed by atoms with Crippen molar-refractivity contribution in [2.24, 2.45) is 5.92 Å². The fourth-order valence-corrected chi connectivity index (χ4v) is 2.50. The minimum absolute atomic E-state index is 0.0532. The van der Waals surface area contributed by atoms with Crippen molar-refractivity contribution in [2.45, 2.75) is 33.2 Å². The number of piperidine rings is 1. The molecule has 1 fully saturated rings. The van der Waals surface area contributed by atoms with Gasteiger partial charge in [-0.3, -0.25) is 9.59 Å². The van der Waals surface area contributed by atoms with E-state index in [0.717, 1.165) is 11.1 Å². The van der Waals surface area contributed by atoms with Crippen LogP contribution in [0, 0.1) is 19.8 Å². The van der Waals surface area contributed by atoms with Crippen LogP contribution in [0.3, 0.4) is 0 Å². The van der Waals surface area contributed by atoms with Gasteiger partial charge in [0.2, 0.25) is 5.91 Å². The number of carboxylic acid groups (broad SMARTS) is 1. The summed E-state index contributed by atoms with van der Waals surface area (Å²) in [7, 11) is 0. The summed E-state index contributed by atoms with van der Waals surface area (Å²) in [4.78, 5) is 24.6. The smallest absolute Gasteiger partial charge is 0.308 e. The van der Waals surface area contributed by atoms with Crippen LogP contribution in [-0.2, 0) is 16.1 Å². The van der Waals surface area contributed by atoms with Crippen LogP contribution in [0.1, 0.15) is 29.5 Å². The number of aliphatic carboxylic acids is 1. The van der Waals surface area contributed by atoms with Gasteiger partial charge in [0, 0.05) is 19.5 Å². The summed E-state index contributed by atoms with van der Waals surface area (Å²) < 4.78 is 0. The molecule has 1 aliphatic rings. The summed E-state index contributed by atoms with van der Waals surface area (Å²) in [5.74, 6) is -1.18. The van der Waals surface area contributed by atoms with Gasteiger partial charge in [0.05, 0.1) is 5.92 Å². The van der Waals surface area contributed by atoms with Crippen molar-refractivity contribution in [3.05, 3.63) is 34.9 Å². The molecule has 4 nitrogen and oxygen atoms in total. The minimum atomic E-state index is -0.807. The van der Waals surface area contributed by atoms with Gasteiger partial charge in [-0.15, -0.1) is 0 Å². The lowest BCUT2D eigenvalue weighted by atomic mass is 9.96. The molecule has 1 unspecified atom stereocenters. The lowest BCUT2D eigenvalue weighted by molar-refractivity contribution is -0.147. The Morgan fingerprint density at radius 2 is 2.16 bits per heavy atom. The molecule has 0 aliphatic carbocycles. The molecule has 0 bridgehead atoms. The first-order valence-corrected chi connectivity index (χ1v) is 6.54. The maximum Gasteiger partial charge on any atom is 0.308 e. The van der Waals surface area contributed by atoms with Crippen molar-refractivity contribution in [2.75, 3.05) is 6.54 Å². The zero-order chi connectivity index (χ0) is 14.0. The SMILES string of the molecule is Cc1ccc(CN2CC(C(=O)O)CCC2=O)c(C)c1. The fourth-order valence-electron chi connectivity index (χ4n) is 2.50. The van der Waals surface area contributed by atoms with Crippen molar-refractivity contribution >= 4 is 11.9 Å². The van der Waals surface area contributed by atoms with Crippen LogP contribution in [0.25, 0.3) is 0 Å². The second kappa shape index (κ2) is 5.43. The summed E-state index contributed by atoms with van der Waals surface area (Å²) in [6.45, 7) is 4.88. The lowest BCUT2D eigenvalue weighted by Gasteiger charge is -2.31. The van der Waals surface area contributed by atoms with Crippen LogP contribution in [0.2, 0.25) is 0 Å². The van der Waals surface area contributed by atoms with Gasteiger partial charge < -0.3 is 10.0 Å². The highest BCUT2D eigenvalue weighted by Crippen LogP contribution is 2.21. The zero-order valence-electron chi connectivity index (χ0n) is 11.3. The Labute approximate surface area is 113 Å². The normalized spacial score (nSPS) is 19.6. The molecule has 1 atom stereocenters. The molecule has 0 radical (unpaired) electrons. The van der Waals surface area contributed by atoms with E-state index in [4.69, 9.17) is 5.11 Å². The van der Waals surface area contributed by atoms with E-state index in [0.29, 0.717) is 25.9 Å². The molecule has 0 spiro atoms. The van der Waals surface area contributed by atoms with Crippen molar-refractivity contribution in [1.82, 2.24) is 4.90 Å². The predicted molar refractivity (Wildman–Crippen MR) is 71.7 cm³/mol. The van der Waals surface area contributed by atoms with E-state index in [1.807, 2.05) is 26.0 Å². The Hall–Kier alpha value is -1.84. The molecule has 1 aromatic rings. The molecule has 2 rings (SSSR count). The first kappa shape index (κ1) is 13.6. The van der Waals surface area contributed by atoms with Crippen molar-refractivity contribution in [1.29, 1.82) is 0 Å². The van der Waals surface area contributed by atoms with E-state index < -0.39 is 11.9 Å². The van der Waals surface area contributed by atoms with Crippen LogP contribution in [-0.4, -0.2) is 28.4 Å². The number of carboxylic acids is 1. The van der Waals surface area contributed by atoms with Crippen LogP contribution >= 0.6 is 0 Å². The number of rotatable bonds is 3. The highest BCUT2D eigenvalue weighted by molar-refractivity contribution is 5.80. The van der Waals surface area contributed by atoms with E-state index in [1.165, 1.54) is 5.56 Å². The summed E-state index contributed by atoms with van der Waals surface area (Å²) >= 11 is 0. The highest BCUT2D eigenvalue weighted by atomic mass is 16.4. The third kappa shape index (κ3) is 3.13. The Morgan fingerprint density at radius 3 is 2.79 bits per heavy atom. The molecule has 102 valence electrons. The number of carbonyl (C=O) groups excluding carboxylic acids is 1. The number of likely N-dealkylation sites (tertiary alicyclic amines) is 1. The molecule has 0 aromatic heterocycles. The van der Waals surface area contributed by atoms with Crippen molar-refractivity contribution < 1.29 is 14.7 Å². The standard InChI is InChI=1S/C15H19NO3/c1-10-3-4-12(11(2)7-10)8-16-9-13(15(18)19)5-6-14(16)17/h3-4,7,13H,5-6,8-9H2,1-2H3,(H,18,19). The highest BCUT2D eigenvalue weighted by Gasteiger charge is 2.30. The van der Waals surface area contributed by atoms with Gasteiger partial charge in [0.1, 0.15) is 0 Å². The van der Waals surface area contributed by atoms with Gasteiger partial charge in [-0.25, -0.2) is 0 Å². The van der Waals surface area contributed by atoms with Crippen LogP contribution in [0.5, 0.6) is 0 Å². The van der Waals surface area contributed by atoms with Gasteiger partial charge in [-0.05, 0) is 31.4 Å². The molecule has 1 amide bonds. The third-order valence-electron chi connectivity index (χ3n) is 3.71. The summed E-state index contributed by atoms with van der Waals surface area (Å²) in [6, 6.07) is 6.12. The molecule has 19 heavy (non-hydrogen) atoms. The topological polar surface area (TPSA) is 57.6 Å². The molecule has 1 saturated heterocycles. The fraction of sp³-hybridized carbons (Fsp3) is 0.467. The molecular formula is C15H19NO3. The molecule has 1 aromatic carbocycles. The number of carbonyl (C=O) groups is 2. The van der Waals surface area contributed by atoms with Gasteiger partial charge in [-0.1, -0.05) is 23.8 Å². The van der Waals surface area contributed by atoms with E-state index in [2.05, 4.69) is 6.07 Å². The van der Waals surface area contributed by atoms with Crippen LogP contribution in [0.15, 0.2) is 18.2 Å². The molecule has 1 heterocycles. The number of benzene rings is 1. The summed E-state index contributed by atoms with van der Waals surface area (Å²) in [6.07, 6.45) is 0.791. The Bertz CT molecular complexity index is 510. The van der Waals surface area contributed by atoms with E-state index >= 15 is 0 Å². The average Bonchev–Trinajstić information content (AvgIpc) is 2.34. The molecular weight excluding hydrogens is 242 g/mol. The van der Waals surface area contributed by atoms with Gasteiger partial charge in [-0.2, -0.15) is 0 Å². The maximum absolute atomic E-state index is 11.9. The first-order valence-electron chi connectivity index (χ1n) is 6.54. The van der Waals surface area contributed by atoms with Crippen molar-refractivity contribution in [3.63, 3.8) is 0 Å². The Balaban J connectivity index is 2.12. The molecule has 0 saturated carbocycles. The number of nitrogens with zero attached hydrogens (tertiary/aromatic N) is 1. The van der Waals surface area contributed by atoms with E-state index in [9.17, 15) is 9.59 Å². The zero-order valence-corrected chi connectivity index (χ0v) is 11.3. The van der Waals surface area contributed by atoms with Gasteiger partial charge >= 0.3 is 5.97 Å². The van der Waals surface area contributed by atoms with Gasteiger partial charge in [0.15, 0.2) is 0 Å². The monoisotopic (exact) mass is 261 g/mol. The lowest BCUT2D eigenvalue weighted by Crippen LogP contribution is -2.42. The molecule has 1 aliphatic heterocycles. The van der Waals surface area contributed by atoms with Crippen LogP contribution < -0.4 is 0 Å². The molecule has 4 heteroatoms. The quantitative estimate of drug-likeness (QED) is 0.906. The van der Waals surface area contributed by atoms with Gasteiger partial charge in [0.25, 0.3) is 0 Å². The second-order valence-electron chi connectivity index (χ2n) is 5.28. The largest absolute Gasteiger partial charge is 0.481 e. The van der Waals surface area contributed by atoms with Crippen LogP contribution in [0.4, 0.5) is 0 Å². The predicted octanol–water partition coefficient (Wildman–Crippen LogP) is 2.13. The van der Waals surface area contributed by atoms with Crippen molar-refractivity contribution in [3.8, 4) is 0 Å². The Morgan fingerprint density at radius 1 is 1.42 bits per heavy atom. The minimum Gasteiger partial charge on any atom is -0.481 e. The third-order valence-corrected chi connectivity index (χ3v) is 3.71. The second-order valence-corrected chi connectivity index (χ2v) is 5.28. The molecule has 1 N–H and O–H groups in total. The number of amides is 1. The van der Waals surface area contributed by atoms with E-state index in [-0.39, 0.29) is 5.91 Å². The number of hydrogen-bond donors (Lipinski definition) is 1. The maximum atomic E-state index is 11.9. The number of aryl methyl sites for hydroxylation is 2. The average molecular weight is 261 g/mol. The summed E-state index contributed by atoms with van der Waals surface area (Å²) in [5, 5.41) is 9.06. The first-order chi connectivity index (χ1) is 8.97. The Kier molecular flexibility index (Phi) is 3.88.